The van der Waals surface area contributed by atoms with Crippen molar-refractivity contribution < 1.29 is 13.9 Å². The third kappa shape index (κ3) is 3.58. The third-order valence-corrected chi connectivity index (χ3v) is 3.73. The van der Waals surface area contributed by atoms with Gasteiger partial charge in [-0.1, -0.05) is 11.6 Å². The van der Waals surface area contributed by atoms with Crippen LogP contribution in [0.4, 0.5) is 0 Å². The summed E-state index contributed by atoms with van der Waals surface area (Å²) in [5.41, 5.74) is 0.957. The molecule has 1 aromatic carbocycles. The van der Waals surface area contributed by atoms with Gasteiger partial charge in [-0.15, -0.1) is 0 Å². The van der Waals surface area contributed by atoms with Crippen LogP contribution < -0.4 is 10.1 Å². The lowest BCUT2D eigenvalue weighted by Gasteiger charge is -2.06. The molecule has 1 aliphatic rings. The van der Waals surface area contributed by atoms with Crippen molar-refractivity contribution in [2.45, 2.75) is 32.4 Å². The lowest BCUT2D eigenvalue weighted by atomic mass is 10.2. The molecule has 1 amide bonds. The van der Waals surface area contributed by atoms with E-state index in [0.717, 1.165) is 24.2 Å². The molecule has 21 heavy (non-hydrogen) atoms. The van der Waals surface area contributed by atoms with Crippen LogP contribution in [0.25, 0.3) is 0 Å². The maximum atomic E-state index is 11.8. The van der Waals surface area contributed by atoms with Crippen molar-refractivity contribution in [1.82, 2.24) is 5.32 Å². The zero-order chi connectivity index (χ0) is 14.8. The monoisotopic (exact) mass is 305 g/mol. The van der Waals surface area contributed by atoms with Crippen molar-refractivity contribution >= 4 is 17.5 Å². The van der Waals surface area contributed by atoms with Crippen LogP contribution in [0.1, 0.15) is 34.7 Å². The van der Waals surface area contributed by atoms with E-state index in [9.17, 15) is 4.79 Å². The molecule has 0 spiro atoms. The largest absolute Gasteiger partial charge is 0.486 e. The number of hydrogen-bond donors (Lipinski definition) is 1. The molecule has 110 valence electrons. The molecule has 2 aromatic rings. The van der Waals surface area contributed by atoms with Crippen LogP contribution in [0.2, 0.25) is 5.02 Å². The van der Waals surface area contributed by atoms with Crippen molar-refractivity contribution in [3.05, 3.63) is 52.4 Å². The number of rotatable bonds is 5. The number of carbonyl (C=O) groups is 1. The quantitative estimate of drug-likeness (QED) is 0.916. The minimum atomic E-state index is -0.161. The van der Waals surface area contributed by atoms with Gasteiger partial charge in [-0.25, -0.2) is 0 Å². The van der Waals surface area contributed by atoms with Gasteiger partial charge in [0, 0.05) is 11.1 Å². The van der Waals surface area contributed by atoms with Crippen LogP contribution in [0.3, 0.4) is 0 Å². The van der Waals surface area contributed by atoms with Crippen LogP contribution in [-0.4, -0.2) is 11.9 Å². The fraction of sp³-hybridized carbons (Fsp3) is 0.312. The molecule has 0 saturated heterocycles. The van der Waals surface area contributed by atoms with Crippen LogP contribution in [0.15, 0.2) is 34.7 Å². The second-order valence-electron chi connectivity index (χ2n) is 5.21. The molecule has 0 aliphatic heterocycles. The zero-order valence-electron chi connectivity index (χ0n) is 11.7. The van der Waals surface area contributed by atoms with Gasteiger partial charge in [0.1, 0.15) is 18.1 Å². The van der Waals surface area contributed by atoms with E-state index in [1.54, 1.807) is 24.3 Å². The van der Waals surface area contributed by atoms with E-state index in [-0.39, 0.29) is 12.5 Å². The number of benzene rings is 1. The number of carbonyl (C=O) groups excluding carboxylic acids is 1. The molecular weight excluding hydrogens is 290 g/mol. The predicted molar refractivity (Wildman–Crippen MR) is 79.7 cm³/mol. The fourth-order valence-electron chi connectivity index (χ4n) is 1.92. The van der Waals surface area contributed by atoms with Crippen molar-refractivity contribution in [3.63, 3.8) is 0 Å². The van der Waals surface area contributed by atoms with E-state index in [0.29, 0.717) is 22.6 Å². The number of furan rings is 1. The molecular formula is C16H16ClNO3. The summed E-state index contributed by atoms with van der Waals surface area (Å²) in [7, 11) is 0. The smallest absolute Gasteiger partial charge is 0.287 e. The Labute approximate surface area is 128 Å². The van der Waals surface area contributed by atoms with Gasteiger partial charge < -0.3 is 14.5 Å². The van der Waals surface area contributed by atoms with Crippen molar-refractivity contribution in [1.29, 1.82) is 0 Å². The van der Waals surface area contributed by atoms with Crippen LogP contribution in [0.5, 0.6) is 5.75 Å². The molecule has 1 aromatic heterocycles. The van der Waals surface area contributed by atoms with Gasteiger partial charge in [0.15, 0.2) is 5.76 Å². The standard InChI is InChI=1S/C16H16ClNO3/c1-10-8-12(4-6-14(10)17)20-9-13-5-7-15(21-13)16(19)18-11-2-3-11/h4-8,11H,2-3,9H2,1H3,(H,18,19). The number of halogens is 1. The van der Waals surface area contributed by atoms with Gasteiger partial charge in [0.25, 0.3) is 5.91 Å². The summed E-state index contributed by atoms with van der Waals surface area (Å²) in [5, 5.41) is 3.59. The Hall–Kier alpha value is -1.94. The Morgan fingerprint density at radius 2 is 2.19 bits per heavy atom. The molecule has 4 nitrogen and oxygen atoms in total. The maximum absolute atomic E-state index is 11.8. The Kier molecular flexibility index (Phi) is 3.88. The molecule has 5 heteroatoms. The van der Waals surface area contributed by atoms with Crippen molar-refractivity contribution in [3.8, 4) is 5.75 Å². The topological polar surface area (TPSA) is 51.5 Å². The van der Waals surface area contributed by atoms with E-state index in [4.69, 9.17) is 20.8 Å². The van der Waals surface area contributed by atoms with E-state index >= 15 is 0 Å². The highest BCUT2D eigenvalue weighted by Gasteiger charge is 2.25. The highest BCUT2D eigenvalue weighted by atomic mass is 35.5. The van der Waals surface area contributed by atoms with E-state index in [2.05, 4.69) is 5.32 Å². The van der Waals surface area contributed by atoms with Crippen LogP contribution >= 0.6 is 11.6 Å². The minimum absolute atomic E-state index is 0.161. The van der Waals surface area contributed by atoms with Crippen molar-refractivity contribution in [2.24, 2.45) is 0 Å². The first-order valence-corrected chi connectivity index (χ1v) is 7.28. The van der Waals surface area contributed by atoms with Gasteiger partial charge >= 0.3 is 0 Å². The molecule has 1 N–H and O–H groups in total. The summed E-state index contributed by atoms with van der Waals surface area (Å²) in [4.78, 5) is 11.8. The summed E-state index contributed by atoms with van der Waals surface area (Å²) in [6.45, 7) is 2.19. The van der Waals surface area contributed by atoms with Gasteiger partial charge in [-0.2, -0.15) is 0 Å². The van der Waals surface area contributed by atoms with Gasteiger partial charge in [0.05, 0.1) is 0 Å². The molecule has 0 radical (unpaired) electrons. The van der Waals surface area contributed by atoms with E-state index in [1.807, 2.05) is 13.0 Å². The normalized spacial score (nSPS) is 14.0. The Bertz CT molecular complexity index is 661. The number of aryl methyl sites for hydroxylation is 1. The lowest BCUT2D eigenvalue weighted by Crippen LogP contribution is -2.24. The van der Waals surface area contributed by atoms with Crippen molar-refractivity contribution in [2.75, 3.05) is 0 Å². The second-order valence-corrected chi connectivity index (χ2v) is 5.62. The van der Waals surface area contributed by atoms with Crippen LogP contribution in [-0.2, 0) is 6.61 Å². The number of hydrogen-bond acceptors (Lipinski definition) is 3. The average Bonchev–Trinajstić information content (AvgIpc) is 3.15. The summed E-state index contributed by atoms with van der Waals surface area (Å²) >= 11 is 5.96. The fourth-order valence-corrected chi connectivity index (χ4v) is 2.04. The average molecular weight is 306 g/mol. The molecule has 1 heterocycles. The molecule has 0 bridgehead atoms. The number of amides is 1. The highest BCUT2D eigenvalue weighted by Crippen LogP contribution is 2.22. The van der Waals surface area contributed by atoms with Crippen LogP contribution in [0, 0.1) is 6.92 Å². The lowest BCUT2D eigenvalue weighted by molar-refractivity contribution is 0.0919. The first-order valence-electron chi connectivity index (χ1n) is 6.90. The summed E-state index contributed by atoms with van der Waals surface area (Å²) in [6, 6.07) is 9.21. The predicted octanol–water partition coefficient (Wildman–Crippen LogP) is 3.71. The summed E-state index contributed by atoms with van der Waals surface area (Å²) < 4.78 is 11.1. The third-order valence-electron chi connectivity index (χ3n) is 3.31. The minimum Gasteiger partial charge on any atom is -0.486 e. The molecule has 0 atom stereocenters. The molecule has 0 unspecified atom stereocenters. The Morgan fingerprint density at radius 3 is 2.90 bits per heavy atom. The SMILES string of the molecule is Cc1cc(OCc2ccc(C(=O)NC3CC3)o2)ccc1Cl. The first kappa shape index (κ1) is 14.0. The maximum Gasteiger partial charge on any atom is 0.287 e. The summed E-state index contributed by atoms with van der Waals surface area (Å²) in [6.07, 6.45) is 2.11. The first-order chi connectivity index (χ1) is 10.1. The van der Waals surface area contributed by atoms with Gasteiger partial charge in [-0.05, 0) is 55.7 Å². The molecule has 1 saturated carbocycles. The second kappa shape index (κ2) is 5.82. The molecule has 3 rings (SSSR count). The number of nitrogens with one attached hydrogen (secondary N) is 1. The van der Waals surface area contributed by atoms with Gasteiger partial charge in [-0.3, -0.25) is 4.79 Å². The molecule has 1 aliphatic carbocycles. The van der Waals surface area contributed by atoms with Gasteiger partial charge in [0.2, 0.25) is 0 Å². The summed E-state index contributed by atoms with van der Waals surface area (Å²) in [5.74, 6) is 1.50. The zero-order valence-corrected chi connectivity index (χ0v) is 12.4. The number of ether oxygens (including phenoxy) is 1. The molecule has 1 fully saturated rings. The van der Waals surface area contributed by atoms with E-state index < -0.39 is 0 Å². The highest BCUT2D eigenvalue weighted by molar-refractivity contribution is 6.31. The van der Waals surface area contributed by atoms with E-state index in [1.165, 1.54) is 0 Å². The Balaban J connectivity index is 1.58. The Morgan fingerprint density at radius 1 is 1.38 bits per heavy atom.